The molecule has 6 nitrogen and oxygen atoms in total. The van der Waals surface area contributed by atoms with Crippen molar-refractivity contribution in [1.29, 1.82) is 0 Å². The fraction of sp³-hybridized carbons (Fsp3) is 0.190. The van der Waals surface area contributed by atoms with Gasteiger partial charge in [-0.15, -0.1) is 0 Å². The minimum absolute atomic E-state index is 0.00266. The van der Waals surface area contributed by atoms with E-state index in [4.69, 9.17) is 4.52 Å². The Morgan fingerprint density at radius 3 is 2.33 bits per heavy atom. The Morgan fingerprint density at radius 1 is 0.967 bits per heavy atom. The number of carbonyl (C=O) groups is 2. The Balaban J connectivity index is 1.82. The molecule has 3 aromatic rings. The van der Waals surface area contributed by atoms with Crippen molar-refractivity contribution < 1.29 is 27.3 Å². The molecule has 9 heteroatoms. The summed E-state index contributed by atoms with van der Waals surface area (Å²) in [4.78, 5) is 25.2. The van der Waals surface area contributed by atoms with Gasteiger partial charge in [0.2, 0.25) is 0 Å². The SMILES string of the molecule is Cc1ccc(C(=O)Nc2cccc(C(F)(F)F)c2)cc1C(=O)Nc1c(C)noc1C. The van der Waals surface area contributed by atoms with Crippen LogP contribution in [-0.4, -0.2) is 17.0 Å². The summed E-state index contributed by atoms with van der Waals surface area (Å²) in [5.74, 6) is -0.659. The average Bonchev–Trinajstić information content (AvgIpc) is 2.99. The van der Waals surface area contributed by atoms with Crippen LogP contribution in [0, 0.1) is 20.8 Å². The highest BCUT2D eigenvalue weighted by molar-refractivity contribution is 6.09. The number of nitrogens with one attached hydrogen (secondary N) is 2. The largest absolute Gasteiger partial charge is 0.416 e. The lowest BCUT2D eigenvalue weighted by Gasteiger charge is -2.12. The minimum Gasteiger partial charge on any atom is -0.359 e. The zero-order chi connectivity index (χ0) is 22.1. The number of benzene rings is 2. The van der Waals surface area contributed by atoms with E-state index in [0.29, 0.717) is 22.7 Å². The van der Waals surface area contributed by atoms with Gasteiger partial charge in [0.15, 0.2) is 5.76 Å². The second kappa shape index (κ2) is 8.02. The third kappa shape index (κ3) is 4.51. The van der Waals surface area contributed by atoms with Gasteiger partial charge in [0, 0.05) is 16.8 Å². The quantitative estimate of drug-likeness (QED) is 0.617. The molecule has 1 aromatic heterocycles. The van der Waals surface area contributed by atoms with E-state index >= 15 is 0 Å². The lowest BCUT2D eigenvalue weighted by Crippen LogP contribution is -2.17. The Bertz CT molecular complexity index is 1100. The molecule has 2 aromatic carbocycles. The summed E-state index contributed by atoms with van der Waals surface area (Å²) in [6.07, 6.45) is -4.52. The lowest BCUT2D eigenvalue weighted by molar-refractivity contribution is -0.137. The van der Waals surface area contributed by atoms with Crippen molar-refractivity contribution in [3.63, 3.8) is 0 Å². The zero-order valence-corrected chi connectivity index (χ0v) is 16.3. The van der Waals surface area contributed by atoms with E-state index in [1.54, 1.807) is 26.8 Å². The van der Waals surface area contributed by atoms with Gasteiger partial charge in [0.25, 0.3) is 11.8 Å². The topological polar surface area (TPSA) is 84.2 Å². The molecule has 0 aliphatic rings. The third-order valence-corrected chi connectivity index (χ3v) is 4.46. The number of amides is 2. The van der Waals surface area contributed by atoms with Crippen LogP contribution >= 0.6 is 0 Å². The molecule has 0 spiro atoms. The van der Waals surface area contributed by atoms with Crippen LogP contribution in [0.4, 0.5) is 24.5 Å². The lowest BCUT2D eigenvalue weighted by atomic mass is 10.0. The van der Waals surface area contributed by atoms with E-state index < -0.39 is 23.6 Å². The number of aryl methyl sites for hydroxylation is 3. The molecular formula is C21H18F3N3O3. The van der Waals surface area contributed by atoms with Crippen molar-refractivity contribution in [2.24, 2.45) is 0 Å². The van der Waals surface area contributed by atoms with E-state index in [9.17, 15) is 22.8 Å². The molecule has 0 saturated heterocycles. The molecule has 0 aliphatic heterocycles. The number of anilines is 2. The third-order valence-electron chi connectivity index (χ3n) is 4.46. The van der Waals surface area contributed by atoms with Gasteiger partial charge in [-0.05, 0) is 56.7 Å². The van der Waals surface area contributed by atoms with Crippen LogP contribution < -0.4 is 10.6 Å². The number of hydrogen-bond donors (Lipinski definition) is 2. The van der Waals surface area contributed by atoms with Crippen molar-refractivity contribution in [2.75, 3.05) is 10.6 Å². The fourth-order valence-corrected chi connectivity index (χ4v) is 2.83. The van der Waals surface area contributed by atoms with Crippen molar-refractivity contribution in [3.8, 4) is 0 Å². The Labute approximate surface area is 170 Å². The van der Waals surface area contributed by atoms with Crippen molar-refractivity contribution in [1.82, 2.24) is 5.16 Å². The Kier molecular flexibility index (Phi) is 5.64. The number of alkyl halides is 3. The molecule has 2 N–H and O–H groups in total. The highest BCUT2D eigenvalue weighted by atomic mass is 19.4. The van der Waals surface area contributed by atoms with Crippen molar-refractivity contribution in [2.45, 2.75) is 26.9 Å². The standard InChI is InChI=1S/C21H18F3N3O3/c1-11-7-8-14(9-17(11)20(29)26-18-12(2)27-30-13(18)3)19(28)25-16-6-4-5-15(10-16)21(22,23)24/h4-10H,1-3H3,(H,25,28)(H,26,29). The van der Waals surface area contributed by atoms with Gasteiger partial charge in [0.05, 0.1) is 5.56 Å². The van der Waals surface area contributed by atoms with Crippen LogP contribution in [0.5, 0.6) is 0 Å². The first-order chi connectivity index (χ1) is 14.1. The molecule has 1 heterocycles. The first-order valence-corrected chi connectivity index (χ1v) is 8.89. The molecule has 156 valence electrons. The van der Waals surface area contributed by atoms with Crippen LogP contribution in [-0.2, 0) is 6.18 Å². The maximum Gasteiger partial charge on any atom is 0.416 e. The van der Waals surface area contributed by atoms with E-state index in [1.165, 1.54) is 24.3 Å². The average molecular weight is 417 g/mol. The van der Waals surface area contributed by atoms with Crippen LogP contribution in [0.15, 0.2) is 47.0 Å². The van der Waals surface area contributed by atoms with E-state index in [0.717, 1.165) is 12.1 Å². The van der Waals surface area contributed by atoms with Gasteiger partial charge in [0.1, 0.15) is 11.4 Å². The van der Waals surface area contributed by atoms with E-state index in [2.05, 4.69) is 15.8 Å². The van der Waals surface area contributed by atoms with Crippen molar-refractivity contribution >= 4 is 23.2 Å². The Morgan fingerprint density at radius 2 is 1.70 bits per heavy atom. The Hall–Kier alpha value is -3.62. The predicted molar refractivity (Wildman–Crippen MR) is 105 cm³/mol. The maximum absolute atomic E-state index is 12.9. The summed E-state index contributed by atoms with van der Waals surface area (Å²) in [6, 6.07) is 8.78. The molecule has 0 unspecified atom stereocenters. The number of halogens is 3. The predicted octanol–water partition coefficient (Wildman–Crippen LogP) is 5.12. The van der Waals surface area contributed by atoms with Gasteiger partial charge >= 0.3 is 6.18 Å². The summed E-state index contributed by atoms with van der Waals surface area (Å²) in [6.45, 7) is 5.04. The number of nitrogens with zero attached hydrogens (tertiary/aromatic N) is 1. The molecule has 30 heavy (non-hydrogen) atoms. The molecule has 0 atom stereocenters. The second-order valence-electron chi connectivity index (χ2n) is 6.72. The molecule has 3 rings (SSSR count). The highest BCUT2D eigenvalue weighted by Gasteiger charge is 2.30. The van der Waals surface area contributed by atoms with Gasteiger partial charge in [-0.25, -0.2) is 0 Å². The summed E-state index contributed by atoms with van der Waals surface area (Å²) < 4.78 is 43.6. The number of hydrogen-bond acceptors (Lipinski definition) is 4. The fourth-order valence-electron chi connectivity index (χ4n) is 2.83. The van der Waals surface area contributed by atoms with Crippen LogP contribution in [0.3, 0.4) is 0 Å². The molecule has 0 aliphatic carbocycles. The minimum atomic E-state index is -4.52. The number of aromatic nitrogens is 1. The van der Waals surface area contributed by atoms with Crippen LogP contribution in [0.25, 0.3) is 0 Å². The summed E-state index contributed by atoms with van der Waals surface area (Å²) in [5.41, 5.74) is 1.07. The molecule has 0 saturated carbocycles. The summed E-state index contributed by atoms with van der Waals surface area (Å²) >= 11 is 0. The normalized spacial score (nSPS) is 11.3. The van der Waals surface area contributed by atoms with Gasteiger partial charge in [-0.3, -0.25) is 9.59 Å². The van der Waals surface area contributed by atoms with Crippen LogP contribution in [0.2, 0.25) is 0 Å². The first-order valence-electron chi connectivity index (χ1n) is 8.89. The second-order valence-corrected chi connectivity index (χ2v) is 6.72. The highest BCUT2D eigenvalue weighted by Crippen LogP contribution is 2.30. The monoisotopic (exact) mass is 417 g/mol. The van der Waals surface area contributed by atoms with Gasteiger partial charge < -0.3 is 15.2 Å². The summed E-state index contributed by atoms with van der Waals surface area (Å²) in [5, 5.41) is 8.90. The van der Waals surface area contributed by atoms with Crippen LogP contribution in [0.1, 0.15) is 43.3 Å². The van der Waals surface area contributed by atoms with E-state index in [1.807, 2.05) is 0 Å². The summed E-state index contributed by atoms with van der Waals surface area (Å²) in [7, 11) is 0. The molecule has 0 bridgehead atoms. The molecule has 0 fully saturated rings. The van der Waals surface area contributed by atoms with Gasteiger partial charge in [-0.2, -0.15) is 13.2 Å². The number of rotatable bonds is 4. The molecule has 0 radical (unpaired) electrons. The van der Waals surface area contributed by atoms with Gasteiger partial charge in [-0.1, -0.05) is 17.3 Å². The first kappa shape index (κ1) is 21.1. The zero-order valence-electron chi connectivity index (χ0n) is 16.3. The van der Waals surface area contributed by atoms with Crippen molar-refractivity contribution in [3.05, 3.63) is 76.2 Å². The van der Waals surface area contributed by atoms with E-state index in [-0.39, 0.29) is 16.8 Å². The maximum atomic E-state index is 12.9. The smallest absolute Gasteiger partial charge is 0.359 e. The molecule has 2 amide bonds. The number of carbonyl (C=O) groups excluding carboxylic acids is 2. The molecular weight excluding hydrogens is 399 g/mol.